The van der Waals surface area contributed by atoms with Crippen molar-refractivity contribution >= 4 is 34.2 Å². The second-order valence-electron chi connectivity index (χ2n) is 2.49. The summed E-state index contributed by atoms with van der Waals surface area (Å²) in [7, 11) is 0. The molecule has 2 nitrogen and oxygen atoms in total. The van der Waals surface area contributed by atoms with Crippen LogP contribution in [0, 0.1) is 18.2 Å². The monoisotopic (exact) mass is 266 g/mol. The molecule has 0 radical (unpaired) electrons. The smallest absolute Gasteiger partial charge is 0.124 e. The highest BCUT2D eigenvalue weighted by atomic mass is 79.9. The third kappa shape index (κ3) is 2.67. The molecule has 72 valence electrons. The van der Waals surface area contributed by atoms with Gasteiger partial charge in [-0.2, -0.15) is 0 Å². The van der Waals surface area contributed by atoms with Crippen LogP contribution in [-0.4, -0.2) is 5.84 Å². The zero-order valence-electron chi connectivity index (χ0n) is 6.90. The summed E-state index contributed by atoms with van der Waals surface area (Å²) in [6.07, 6.45) is 0. The number of hydrogen-bond acceptors (Lipinski definition) is 1. The van der Waals surface area contributed by atoms with Crippen molar-refractivity contribution in [3.05, 3.63) is 33.5 Å². The molecule has 0 aliphatic carbocycles. The fourth-order valence-electron chi connectivity index (χ4n) is 1.04. The van der Waals surface area contributed by atoms with Gasteiger partial charge in [-0.25, -0.2) is 4.39 Å². The summed E-state index contributed by atoms with van der Waals surface area (Å²) in [5.74, 6) is -0.385. The van der Waals surface area contributed by atoms with Crippen molar-refractivity contribution in [1.29, 1.82) is 5.41 Å². The van der Waals surface area contributed by atoms with Crippen molar-refractivity contribution in [3.63, 3.8) is 0 Å². The number of nitrogens with two attached hydrogens (primary N) is 1. The second-order valence-corrected chi connectivity index (χ2v) is 3.35. The molecule has 5 heteroatoms. The highest BCUT2D eigenvalue weighted by molar-refractivity contribution is 9.10. The van der Waals surface area contributed by atoms with Crippen LogP contribution >= 0.6 is 28.3 Å². The summed E-state index contributed by atoms with van der Waals surface area (Å²) in [5, 5.41) is 7.21. The van der Waals surface area contributed by atoms with E-state index in [0.717, 1.165) is 0 Å². The third-order valence-corrected chi connectivity index (χ3v) is 2.15. The highest BCUT2D eigenvalue weighted by Gasteiger charge is 2.08. The lowest BCUT2D eigenvalue weighted by molar-refractivity contribution is 0.625. The number of aryl methyl sites for hydroxylation is 1. The van der Waals surface area contributed by atoms with Gasteiger partial charge in [-0.1, -0.05) is 0 Å². The van der Waals surface area contributed by atoms with Gasteiger partial charge in [0.2, 0.25) is 0 Å². The molecule has 1 aromatic rings. The molecule has 0 saturated heterocycles. The predicted octanol–water partition coefficient (Wildman–Crippen LogP) is 2.60. The zero-order chi connectivity index (χ0) is 9.30. The highest BCUT2D eigenvalue weighted by Crippen LogP contribution is 2.21. The van der Waals surface area contributed by atoms with E-state index >= 15 is 0 Å². The van der Waals surface area contributed by atoms with E-state index in [0.29, 0.717) is 15.6 Å². The average Bonchev–Trinajstić information content (AvgIpc) is 1.82. The summed E-state index contributed by atoms with van der Waals surface area (Å²) in [4.78, 5) is 0. The number of hydrogen-bond donors (Lipinski definition) is 2. The lowest BCUT2D eigenvalue weighted by atomic mass is 10.1. The van der Waals surface area contributed by atoms with Crippen LogP contribution in [0.25, 0.3) is 0 Å². The van der Waals surface area contributed by atoms with E-state index < -0.39 is 0 Å². The Balaban J connectivity index is 0.00000144. The fraction of sp³-hybridized carbons (Fsp3) is 0.125. The Morgan fingerprint density at radius 3 is 2.46 bits per heavy atom. The van der Waals surface area contributed by atoms with Gasteiger partial charge in [0, 0.05) is 10.0 Å². The van der Waals surface area contributed by atoms with E-state index in [9.17, 15) is 4.39 Å². The van der Waals surface area contributed by atoms with Gasteiger partial charge in [-0.15, -0.1) is 12.4 Å². The number of halogens is 3. The topological polar surface area (TPSA) is 49.9 Å². The molecular weight excluding hydrogens is 258 g/mol. The first-order chi connectivity index (χ1) is 5.52. The maximum Gasteiger partial charge on any atom is 0.124 e. The minimum atomic E-state index is -0.329. The molecule has 0 saturated carbocycles. The minimum Gasteiger partial charge on any atom is -0.384 e. The van der Waals surface area contributed by atoms with Crippen LogP contribution in [0.5, 0.6) is 0 Å². The average molecular weight is 268 g/mol. The summed E-state index contributed by atoms with van der Waals surface area (Å²) in [5.41, 5.74) is 6.51. The Kier molecular flexibility index (Phi) is 4.36. The molecule has 1 aromatic carbocycles. The Labute approximate surface area is 90.4 Å². The molecule has 0 aliphatic heterocycles. The van der Waals surface area contributed by atoms with Crippen molar-refractivity contribution in [1.82, 2.24) is 0 Å². The molecular formula is C8H9BrClFN2. The quantitative estimate of drug-likeness (QED) is 0.596. The van der Waals surface area contributed by atoms with Crippen molar-refractivity contribution < 1.29 is 4.39 Å². The Bertz CT molecular complexity index is 318. The van der Waals surface area contributed by atoms with Crippen LogP contribution in [0.2, 0.25) is 0 Å². The summed E-state index contributed by atoms with van der Waals surface area (Å²) < 4.78 is 13.3. The van der Waals surface area contributed by atoms with Gasteiger partial charge >= 0.3 is 0 Å². The maximum atomic E-state index is 12.7. The lowest BCUT2D eigenvalue weighted by Gasteiger charge is -2.05. The van der Waals surface area contributed by atoms with Gasteiger partial charge in [-0.05, 0) is 40.5 Å². The van der Waals surface area contributed by atoms with Gasteiger partial charge in [0.15, 0.2) is 0 Å². The molecule has 0 atom stereocenters. The molecule has 0 aromatic heterocycles. The van der Waals surface area contributed by atoms with Crippen LogP contribution in [0.15, 0.2) is 16.6 Å². The third-order valence-electron chi connectivity index (χ3n) is 1.52. The molecule has 13 heavy (non-hydrogen) atoms. The number of rotatable bonds is 1. The molecule has 1 rings (SSSR count). The van der Waals surface area contributed by atoms with Crippen molar-refractivity contribution in [2.24, 2.45) is 5.73 Å². The van der Waals surface area contributed by atoms with Crippen molar-refractivity contribution in [2.75, 3.05) is 0 Å². The Morgan fingerprint density at radius 1 is 1.54 bits per heavy atom. The van der Waals surface area contributed by atoms with Crippen LogP contribution < -0.4 is 5.73 Å². The largest absolute Gasteiger partial charge is 0.384 e. The van der Waals surface area contributed by atoms with E-state index in [4.69, 9.17) is 11.1 Å². The molecule has 0 heterocycles. The second kappa shape index (κ2) is 4.58. The predicted molar refractivity (Wildman–Crippen MR) is 57.1 cm³/mol. The maximum absolute atomic E-state index is 12.7. The first-order valence-corrected chi connectivity index (χ1v) is 4.11. The Hall–Kier alpha value is -0.610. The number of amidine groups is 1. The molecule has 0 aliphatic rings. The molecule has 0 bridgehead atoms. The molecule has 0 unspecified atom stereocenters. The van der Waals surface area contributed by atoms with Crippen LogP contribution in [0.3, 0.4) is 0 Å². The molecule has 0 fully saturated rings. The van der Waals surface area contributed by atoms with Crippen molar-refractivity contribution in [2.45, 2.75) is 6.92 Å². The lowest BCUT2D eigenvalue weighted by Crippen LogP contribution is -2.13. The van der Waals surface area contributed by atoms with Crippen molar-refractivity contribution in [3.8, 4) is 0 Å². The summed E-state index contributed by atoms with van der Waals surface area (Å²) in [6, 6.07) is 2.64. The SMILES string of the molecule is Cc1cc(F)cc(Br)c1C(=N)N.Cl. The van der Waals surface area contributed by atoms with E-state index in [1.165, 1.54) is 12.1 Å². The normalized spacial score (nSPS) is 9.15. The van der Waals surface area contributed by atoms with Crippen LogP contribution in [0.4, 0.5) is 4.39 Å². The molecule has 3 N–H and O–H groups in total. The zero-order valence-corrected chi connectivity index (χ0v) is 9.30. The number of nitrogens with one attached hydrogen (secondary N) is 1. The Morgan fingerprint density at radius 2 is 2.08 bits per heavy atom. The molecule has 0 amide bonds. The van der Waals surface area contributed by atoms with E-state index in [1.807, 2.05) is 0 Å². The minimum absolute atomic E-state index is 0. The number of nitrogen functional groups attached to an aromatic ring is 1. The fourth-order valence-corrected chi connectivity index (χ4v) is 1.79. The van der Waals surface area contributed by atoms with Gasteiger partial charge in [0.1, 0.15) is 11.7 Å². The summed E-state index contributed by atoms with van der Waals surface area (Å²) in [6.45, 7) is 1.71. The first kappa shape index (κ1) is 12.4. The van der Waals surface area contributed by atoms with E-state index in [2.05, 4.69) is 15.9 Å². The van der Waals surface area contributed by atoms with Gasteiger partial charge in [-0.3, -0.25) is 5.41 Å². The first-order valence-electron chi connectivity index (χ1n) is 3.32. The summed E-state index contributed by atoms with van der Waals surface area (Å²) >= 11 is 3.14. The molecule has 0 spiro atoms. The standard InChI is InChI=1S/C8H8BrFN2.ClH/c1-4-2-5(10)3-6(9)7(4)8(11)12;/h2-3H,1H3,(H3,11,12);1H. The van der Waals surface area contributed by atoms with Gasteiger partial charge in [0.05, 0.1) is 0 Å². The van der Waals surface area contributed by atoms with Gasteiger partial charge in [0.25, 0.3) is 0 Å². The van der Waals surface area contributed by atoms with E-state index in [1.54, 1.807) is 6.92 Å². The van der Waals surface area contributed by atoms with Crippen LogP contribution in [0.1, 0.15) is 11.1 Å². The van der Waals surface area contributed by atoms with Gasteiger partial charge < -0.3 is 5.73 Å². The number of benzene rings is 1. The van der Waals surface area contributed by atoms with E-state index in [-0.39, 0.29) is 24.1 Å². The van der Waals surface area contributed by atoms with Crippen LogP contribution in [-0.2, 0) is 0 Å².